The van der Waals surface area contributed by atoms with Gasteiger partial charge in [0.05, 0.1) is 46.9 Å². The predicted octanol–water partition coefficient (Wildman–Crippen LogP) is 17.9. The van der Waals surface area contributed by atoms with Crippen LogP contribution in [0.4, 0.5) is 4.79 Å². The first-order chi connectivity index (χ1) is 54.3. The number of nitrogens with zero attached hydrogens (tertiary/aromatic N) is 1. The normalized spacial score (nSPS) is 15.0. The second-order valence-corrected chi connectivity index (χ2v) is 32.2. The fourth-order valence-electron chi connectivity index (χ4n) is 13.9. The second kappa shape index (κ2) is 43.3. The van der Waals surface area contributed by atoms with Crippen molar-refractivity contribution >= 4 is 38.3 Å². The molecule has 4 N–H and O–H groups in total. The summed E-state index contributed by atoms with van der Waals surface area (Å²) in [7, 11) is -8.21. The van der Waals surface area contributed by atoms with Gasteiger partial charge in [0.2, 0.25) is 0 Å². The molecule has 0 aliphatic carbocycles. The highest BCUT2D eigenvalue weighted by atomic mass is 32.2. The minimum atomic E-state index is -4.13. The topological polar surface area (TPSA) is 221 Å². The van der Waals surface area contributed by atoms with Gasteiger partial charge in [0, 0.05) is 23.9 Å². The maximum atomic E-state index is 13.5. The highest BCUT2D eigenvalue weighted by Gasteiger charge is 2.52. The van der Waals surface area contributed by atoms with Gasteiger partial charge in [0.1, 0.15) is 19.8 Å². The average Bonchev–Trinajstić information content (AvgIpc) is 1.60. The molecule has 12 rings (SSSR count). The molecule has 0 spiro atoms. The molecule has 11 aromatic carbocycles. The molecule has 1 aliphatic rings. The molecule has 1 heterocycles. The van der Waals surface area contributed by atoms with E-state index in [-0.39, 0.29) is 85.0 Å². The Labute approximate surface area is 662 Å². The summed E-state index contributed by atoms with van der Waals surface area (Å²) < 4.78 is 82.8. The Hall–Kier alpha value is -10.6. The van der Waals surface area contributed by atoms with Gasteiger partial charge in [0.15, 0.2) is 0 Å². The number of aryl methyl sites for hydroxylation is 2. The van der Waals surface area contributed by atoms with E-state index in [0.29, 0.717) is 25.7 Å². The summed E-state index contributed by atoms with van der Waals surface area (Å²) in [6, 6.07) is 102. The van der Waals surface area contributed by atoms with Gasteiger partial charge in [-0.25, -0.2) is 4.79 Å². The van der Waals surface area contributed by atoms with E-state index >= 15 is 0 Å². The molecule has 1 fully saturated rings. The van der Waals surface area contributed by atoms with Gasteiger partial charge in [0.25, 0.3) is 20.2 Å². The van der Waals surface area contributed by atoms with Crippen molar-refractivity contribution in [2.75, 3.05) is 0 Å². The number of carbonyl (C=O) groups is 3. The van der Waals surface area contributed by atoms with Crippen LogP contribution in [0.1, 0.15) is 100 Å². The molecule has 1 amide bonds. The van der Waals surface area contributed by atoms with E-state index in [0.717, 1.165) is 70.2 Å². The summed E-state index contributed by atoms with van der Waals surface area (Å²) >= 11 is 0. The van der Waals surface area contributed by atoms with Gasteiger partial charge in [-0.05, 0) is 152 Å². The standard InChI is InChI=1S/C35H38O5S.C34H37NO5S.C26H28N2O2/c1-27-18-20-33(21-19-27)41(37,38)40-34(23-28(2)22-29-12-6-3-7-13-29)32(24-30-14-8-4-9-15-30)25-35(36)39-26-31-16-10-5-11-17-31;1-26-17-19-32(20-18-26)41(37,38)40-33(24-31(35)22-28-13-7-3-8-14-28)30(21-27-11-5-2-6-12-27)23-34(36)39-25-29-15-9-4-10-16-29;27-23(16-20-10-4-1-5-11-20)18-25-24(17-21-12-6-2-7-13-21)28(25)26(29)30-19-22-14-8-3-9-15-22/h3-21,28,32,34H,22-26H2,1-2H3;2-20,30-31,33H,21-25,35H2,1H3;1-15,23-25H,16-19,27H2/t28-,32+,34?;30-,31+,33?;23-,24-,25?,28?/m010/s1. The summed E-state index contributed by atoms with van der Waals surface area (Å²) in [5.41, 5.74) is 24.3. The van der Waals surface area contributed by atoms with Crippen LogP contribution in [0.5, 0.6) is 0 Å². The largest absolute Gasteiger partial charge is 0.461 e. The summed E-state index contributed by atoms with van der Waals surface area (Å²) in [4.78, 5) is 41.1. The van der Waals surface area contributed by atoms with Crippen molar-refractivity contribution in [3.8, 4) is 0 Å². The molecule has 11 aromatic rings. The van der Waals surface area contributed by atoms with Gasteiger partial charge >= 0.3 is 18.0 Å². The van der Waals surface area contributed by atoms with Gasteiger partial charge in [-0.1, -0.05) is 315 Å². The number of esters is 2. The lowest BCUT2D eigenvalue weighted by molar-refractivity contribution is -0.147. The molecular weight excluding hydrogens is 1440 g/mol. The fraction of sp³-hybridized carbons (Fsp3) is 0.274. The summed E-state index contributed by atoms with van der Waals surface area (Å²) in [5, 5.41) is 0. The van der Waals surface area contributed by atoms with Gasteiger partial charge in [-0.15, -0.1) is 0 Å². The maximum absolute atomic E-state index is 13.5. The lowest BCUT2D eigenvalue weighted by atomic mass is 9.85. The van der Waals surface area contributed by atoms with Crippen LogP contribution < -0.4 is 11.5 Å². The first-order valence-electron chi connectivity index (χ1n) is 38.4. The van der Waals surface area contributed by atoms with Gasteiger partial charge < -0.3 is 25.7 Å². The average molecular weight is 1540 g/mol. The SMILES string of the molecule is Cc1ccc(S(=O)(=O)OC(C[C@@H](C)Cc2ccccc2)[C@@H](CC(=O)OCc2ccccc2)Cc2ccccc2)cc1.Cc1ccc(S(=O)(=O)OC(C[C@@H](N)Cc2ccccc2)[C@@H](CC(=O)OCc2ccccc2)Cc2ccccc2)cc1.N[C@@H](Cc1ccccc1)CC1[C@H](Cc2ccccc2)N1C(=O)OCc1ccccc1. The number of hydrogen-bond donors (Lipinski definition) is 2. The monoisotopic (exact) mass is 1540 g/mol. The lowest BCUT2D eigenvalue weighted by Gasteiger charge is -2.29. The van der Waals surface area contributed by atoms with Crippen molar-refractivity contribution in [3.05, 3.63) is 383 Å². The molecule has 9 atom stereocenters. The maximum Gasteiger partial charge on any atom is 0.410 e. The molecular formula is C95H103N3O12S2. The quantitative estimate of drug-likeness (QED) is 0.0161. The number of rotatable bonds is 36. The zero-order chi connectivity index (χ0) is 78.9. The number of nitrogens with two attached hydrogens (primary N) is 2. The summed E-state index contributed by atoms with van der Waals surface area (Å²) in [6.07, 6.45) is 3.49. The van der Waals surface area contributed by atoms with Crippen molar-refractivity contribution in [3.63, 3.8) is 0 Å². The molecule has 1 aliphatic heterocycles. The van der Waals surface area contributed by atoms with Crippen LogP contribution in [0.2, 0.25) is 0 Å². The third-order valence-electron chi connectivity index (χ3n) is 19.8. The third-order valence-corrected chi connectivity index (χ3v) is 22.5. The Morgan fingerprint density at radius 1 is 0.348 bits per heavy atom. The number of hydrogen-bond acceptors (Lipinski definition) is 14. The highest BCUT2D eigenvalue weighted by Crippen LogP contribution is 2.37. The lowest BCUT2D eigenvalue weighted by Crippen LogP contribution is -2.37. The zero-order valence-corrected chi connectivity index (χ0v) is 65.6. The Morgan fingerprint density at radius 2 is 0.643 bits per heavy atom. The number of carbonyl (C=O) groups excluding carboxylic acids is 3. The third kappa shape index (κ3) is 28.3. The van der Waals surface area contributed by atoms with E-state index in [9.17, 15) is 31.2 Å². The van der Waals surface area contributed by atoms with E-state index in [1.807, 2.05) is 255 Å². The second-order valence-electron chi connectivity index (χ2n) is 29.1. The van der Waals surface area contributed by atoms with Crippen LogP contribution in [0.3, 0.4) is 0 Å². The Morgan fingerprint density at radius 3 is 1.00 bits per heavy atom. The van der Waals surface area contributed by atoms with Crippen LogP contribution in [-0.4, -0.2) is 76.1 Å². The van der Waals surface area contributed by atoms with Crippen LogP contribution in [0.15, 0.2) is 331 Å². The fourth-order valence-corrected chi connectivity index (χ4v) is 16.1. The molecule has 112 heavy (non-hydrogen) atoms. The van der Waals surface area contributed by atoms with Gasteiger partial charge in [-0.3, -0.25) is 22.9 Å². The number of benzene rings is 11. The van der Waals surface area contributed by atoms with E-state index in [4.69, 9.17) is 34.0 Å². The Kier molecular flexibility index (Phi) is 32.4. The minimum Gasteiger partial charge on any atom is -0.461 e. The Balaban J connectivity index is 0.000000181. The van der Waals surface area contributed by atoms with E-state index in [1.54, 1.807) is 36.4 Å². The molecule has 0 saturated carbocycles. The number of amides is 1. The summed E-state index contributed by atoms with van der Waals surface area (Å²) in [5.74, 6) is -1.62. The molecule has 3 unspecified atom stereocenters. The molecule has 0 radical (unpaired) electrons. The smallest absolute Gasteiger partial charge is 0.410 e. The predicted molar refractivity (Wildman–Crippen MR) is 441 cm³/mol. The van der Waals surface area contributed by atoms with E-state index < -0.39 is 56.3 Å². The molecule has 17 heteroatoms. The molecule has 582 valence electrons. The van der Waals surface area contributed by atoms with Crippen molar-refractivity contribution in [2.45, 2.75) is 157 Å². The van der Waals surface area contributed by atoms with Crippen LogP contribution in [-0.2, 0) is 111 Å². The zero-order valence-electron chi connectivity index (χ0n) is 64.0. The number of ether oxygens (including phenoxy) is 3. The van der Waals surface area contributed by atoms with Crippen LogP contribution >= 0.6 is 0 Å². The molecule has 1 saturated heterocycles. The molecule has 15 nitrogen and oxygen atoms in total. The molecule has 0 bridgehead atoms. The molecule has 0 aromatic heterocycles. The van der Waals surface area contributed by atoms with Crippen molar-refractivity contribution < 1.29 is 53.8 Å². The highest BCUT2D eigenvalue weighted by molar-refractivity contribution is 7.87. The Bertz CT molecular complexity index is 4590. The van der Waals surface area contributed by atoms with E-state index in [2.05, 4.69) is 43.3 Å². The van der Waals surface area contributed by atoms with Gasteiger partial charge in [-0.2, -0.15) is 16.8 Å². The summed E-state index contributed by atoms with van der Waals surface area (Å²) in [6.45, 7) is 6.47. The first kappa shape index (κ1) is 83.8. The van der Waals surface area contributed by atoms with Crippen LogP contribution in [0, 0.1) is 31.6 Å². The van der Waals surface area contributed by atoms with E-state index in [1.165, 1.54) is 28.8 Å². The van der Waals surface area contributed by atoms with Crippen LogP contribution in [0.25, 0.3) is 0 Å². The van der Waals surface area contributed by atoms with Crippen molar-refractivity contribution in [2.24, 2.45) is 29.2 Å². The first-order valence-corrected chi connectivity index (χ1v) is 41.2. The van der Waals surface area contributed by atoms with Crippen molar-refractivity contribution in [1.29, 1.82) is 0 Å². The van der Waals surface area contributed by atoms with Crippen molar-refractivity contribution in [1.82, 2.24) is 4.90 Å². The minimum absolute atomic E-state index is 0.00240.